The normalized spacial score (nSPS) is 17.3. The molecule has 2 amide bonds. The van der Waals surface area contributed by atoms with E-state index in [0.717, 1.165) is 12.0 Å². The van der Waals surface area contributed by atoms with Gasteiger partial charge >= 0.3 is 0 Å². The molecule has 0 radical (unpaired) electrons. The second kappa shape index (κ2) is 7.89. The van der Waals surface area contributed by atoms with Crippen LogP contribution in [0, 0.1) is 5.82 Å². The highest BCUT2D eigenvalue weighted by molar-refractivity contribution is 5.87. The van der Waals surface area contributed by atoms with Gasteiger partial charge in [0.15, 0.2) is 0 Å². The maximum Gasteiger partial charge on any atom is 0.252 e. The predicted octanol–water partition coefficient (Wildman–Crippen LogP) is 1.47. The standard InChI is InChI=1S/C16H21FN2O3/c1-2-19(16(21)14-4-3-9-22-14)11-15(20)18-10-12-5-7-13(17)8-6-12/h5-8,14H,2-4,9-11H2,1H3,(H,18,20)/t14-/m0/s1. The predicted molar refractivity (Wildman–Crippen MR) is 79.5 cm³/mol. The number of hydrogen-bond donors (Lipinski definition) is 1. The van der Waals surface area contributed by atoms with Gasteiger partial charge in [0.2, 0.25) is 5.91 Å². The van der Waals surface area contributed by atoms with E-state index in [9.17, 15) is 14.0 Å². The Morgan fingerprint density at radius 1 is 1.36 bits per heavy atom. The van der Waals surface area contributed by atoms with E-state index in [1.54, 1.807) is 12.1 Å². The van der Waals surface area contributed by atoms with Crippen molar-refractivity contribution < 1.29 is 18.7 Å². The molecule has 5 nitrogen and oxygen atoms in total. The third-order valence-electron chi connectivity index (χ3n) is 3.64. The molecule has 0 aliphatic carbocycles. The number of rotatable bonds is 6. The molecule has 0 bridgehead atoms. The molecule has 1 aromatic rings. The molecule has 1 aliphatic rings. The fourth-order valence-electron chi connectivity index (χ4n) is 2.35. The zero-order valence-electron chi connectivity index (χ0n) is 12.7. The van der Waals surface area contributed by atoms with Gasteiger partial charge in [-0.1, -0.05) is 12.1 Å². The fraction of sp³-hybridized carbons (Fsp3) is 0.500. The highest BCUT2D eigenvalue weighted by Gasteiger charge is 2.28. The summed E-state index contributed by atoms with van der Waals surface area (Å²) in [6.07, 6.45) is 1.18. The van der Waals surface area contributed by atoms with Gasteiger partial charge in [-0.05, 0) is 37.5 Å². The van der Waals surface area contributed by atoms with Crippen molar-refractivity contribution in [3.63, 3.8) is 0 Å². The smallest absolute Gasteiger partial charge is 0.252 e. The monoisotopic (exact) mass is 308 g/mol. The average molecular weight is 308 g/mol. The number of carbonyl (C=O) groups is 2. The molecule has 1 fully saturated rings. The van der Waals surface area contributed by atoms with E-state index in [0.29, 0.717) is 26.1 Å². The molecule has 0 unspecified atom stereocenters. The molecule has 2 rings (SSSR count). The Hall–Kier alpha value is -1.95. The number of nitrogens with zero attached hydrogens (tertiary/aromatic N) is 1. The Kier molecular flexibility index (Phi) is 5.89. The third-order valence-corrected chi connectivity index (χ3v) is 3.64. The van der Waals surface area contributed by atoms with E-state index < -0.39 is 6.10 Å². The molecule has 1 aliphatic heterocycles. The molecule has 1 N–H and O–H groups in total. The van der Waals surface area contributed by atoms with Gasteiger partial charge in [0.25, 0.3) is 5.91 Å². The summed E-state index contributed by atoms with van der Waals surface area (Å²) in [5, 5.41) is 2.73. The lowest BCUT2D eigenvalue weighted by molar-refractivity contribution is -0.143. The minimum absolute atomic E-state index is 0.0103. The zero-order valence-corrected chi connectivity index (χ0v) is 12.7. The van der Waals surface area contributed by atoms with Gasteiger partial charge in [0.05, 0.1) is 6.54 Å². The maximum absolute atomic E-state index is 12.8. The molecule has 1 saturated heterocycles. The first-order valence-electron chi connectivity index (χ1n) is 7.51. The van der Waals surface area contributed by atoms with Crippen molar-refractivity contribution in [2.24, 2.45) is 0 Å². The molecule has 1 heterocycles. The summed E-state index contributed by atoms with van der Waals surface area (Å²) >= 11 is 0. The molecule has 6 heteroatoms. The topological polar surface area (TPSA) is 58.6 Å². The number of ether oxygens (including phenoxy) is 1. The van der Waals surface area contributed by atoms with Crippen molar-refractivity contribution in [1.29, 1.82) is 0 Å². The first kappa shape index (κ1) is 16.4. The Balaban J connectivity index is 1.81. The van der Waals surface area contributed by atoms with Crippen LogP contribution in [0.4, 0.5) is 4.39 Å². The van der Waals surface area contributed by atoms with E-state index in [1.807, 2.05) is 6.92 Å². The van der Waals surface area contributed by atoms with Gasteiger partial charge in [0.1, 0.15) is 11.9 Å². The minimum Gasteiger partial charge on any atom is -0.368 e. The van der Waals surface area contributed by atoms with Crippen LogP contribution in [0.2, 0.25) is 0 Å². The van der Waals surface area contributed by atoms with Crippen LogP contribution in [-0.2, 0) is 20.9 Å². The number of carbonyl (C=O) groups excluding carboxylic acids is 2. The van der Waals surface area contributed by atoms with Gasteiger partial charge in [-0.3, -0.25) is 9.59 Å². The third kappa shape index (κ3) is 4.53. The van der Waals surface area contributed by atoms with Gasteiger partial charge in [-0.25, -0.2) is 4.39 Å². The summed E-state index contributed by atoms with van der Waals surface area (Å²) in [7, 11) is 0. The fourth-order valence-corrected chi connectivity index (χ4v) is 2.35. The van der Waals surface area contributed by atoms with Crippen molar-refractivity contribution in [3.8, 4) is 0 Å². The van der Waals surface area contributed by atoms with Gasteiger partial charge < -0.3 is 15.0 Å². The lowest BCUT2D eigenvalue weighted by atomic mass is 10.2. The molecule has 0 saturated carbocycles. The average Bonchev–Trinajstić information content (AvgIpc) is 3.06. The van der Waals surface area contributed by atoms with Crippen LogP contribution in [0.5, 0.6) is 0 Å². The van der Waals surface area contributed by atoms with Gasteiger partial charge in [0, 0.05) is 19.7 Å². The Morgan fingerprint density at radius 2 is 2.09 bits per heavy atom. The van der Waals surface area contributed by atoms with Crippen molar-refractivity contribution in [1.82, 2.24) is 10.2 Å². The Labute approximate surface area is 129 Å². The summed E-state index contributed by atoms with van der Waals surface area (Å²) in [6, 6.07) is 5.93. The molecule has 0 spiro atoms. The van der Waals surface area contributed by atoms with E-state index >= 15 is 0 Å². The Morgan fingerprint density at radius 3 is 2.68 bits per heavy atom. The first-order chi connectivity index (χ1) is 10.6. The summed E-state index contributed by atoms with van der Waals surface area (Å²) in [4.78, 5) is 25.7. The van der Waals surface area contributed by atoms with E-state index in [2.05, 4.69) is 5.32 Å². The first-order valence-corrected chi connectivity index (χ1v) is 7.51. The number of halogens is 1. The van der Waals surface area contributed by atoms with E-state index in [-0.39, 0.29) is 24.2 Å². The molecule has 1 atom stereocenters. The Bertz CT molecular complexity index is 513. The number of hydrogen-bond acceptors (Lipinski definition) is 3. The lowest BCUT2D eigenvalue weighted by Gasteiger charge is -2.23. The van der Waals surface area contributed by atoms with Crippen molar-refractivity contribution in [2.45, 2.75) is 32.4 Å². The molecule has 120 valence electrons. The lowest BCUT2D eigenvalue weighted by Crippen LogP contribution is -2.44. The quantitative estimate of drug-likeness (QED) is 0.866. The van der Waals surface area contributed by atoms with Crippen LogP contribution in [0.15, 0.2) is 24.3 Å². The molecule has 1 aromatic carbocycles. The highest BCUT2D eigenvalue weighted by Crippen LogP contribution is 2.14. The van der Waals surface area contributed by atoms with Crippen LogP contribution >= 0.6 is 0 Å². The van der Waals surface area contributed by atoms with Gasteiger partial charge in [-0.15, -0.1) is 0 Å². The van der Waals surface area contributed by atoms with Gasteiger partial charge in [-0.2, -0.15) is 0 Å². The van der Waals surface area contributed by atoms with Crippen molar-refractivity contribution in [3.05, 3.63) is 35.6 Å². The summed E-state index contributed by atoms with van der Waals surface area (Å²) in [6.45, 7) is 3.22. The van der Waals surface area contributed by atoms with Crippen LogP contribution in [0.25, 0.3) is 0 Å². The molecule has 22 heavy (non-hydrogen) atoms. The van der Waals surface area contributed by atoms with Crippen molar-refractivity contribution in [2.75, 3.05) is 19.7 Å². The van der Waals surface area contributed by atoms with Crippen molar-refractivity contribution >= 4 is 11.8 Å². The van der Waals surface area contributed by atoms with Crippen LogP contribution in [-0.4, -0.2) is 42.5 Å². The number of likely N-dealkylation sites (N-methyl/N-ethyl adjacent to an activating group) is 1. The molecular formula is C16H21FN2O3. The second-order valence-corrected chi connectivity index (χ2v) is 5.26. The van der Waals surface area contributed by atoms with Crippen LogP contribution < -0.4 is 5.32 Å². The largest absolute Gasteiger partial charge is 0.368 e. The minimum atomic E-state index is -0.412. The van der Waals surface area contributed by atoms with Crippen LogP contribution in [0.1, 0.15) is 25.3 Å². The summed E-state index contributed by atoms with van der Waals surface area (Å²) in [5.74, 6) is -0.677. The number of amides is 2. The summed E-state index contributed by atoms with van der Waals surface area (Å²) < 4.78 is 18.2. The zero-order chi connectivity index (χ0) is 15.9. The number of nitrogens with one attached hydrogen (secondary N) is 1. The summed E-state index contributed by atoms with van der Waals surface area (Å²) in [5.41, 5.74) is 0.809. The maximum atomic E-state index is 12.8. The molecule has 0 aromatic heterocycles. The number of benzene rings is 1. The highest BCUT2D eigenvalue weighted by atomic mass is 19.1. The van der Waals surface area contributed by atoms with E-state index in [4.69, 9.17) is 4.74 Å². The van der Waals surface area contributed by atoms with E-state index in [1.165, 1.54) is 17.0 Å². The second-order valence-electron chi connectivity index (χ2n) is 5.26. The molecular weight excluding hydrogens is 287 g/mol. The SMILES string of the molecule is CCN(CC(=O)NCc1ccc(F)cc1)C(=O)[C@@H]1CCCO1. The van der Waals surface area contributed by atoms with Crippen LogP contribution in [0.3, 0.4) is 0 Å².